The van der Waals surface area contributed by atoms with Crippen molar-refractivity contribution >= 4 is 0 Å². The van der Waals surface area contributed by atoms with Crippen molar-refractivity contribution in [1.82, 2.24) is 9.97 Å². The van der Waals surface area contributed by atoms with E-state index in [0.717, 1.165) is 11.4 Å². The molecule has 0 N–H and O–H groups in total. The van der Waals surface area contributed by atoms with Crippen molar-refractivity contribution in [3.05, 3.63) is 62.6 Å². The Morgan fingerprint density at radius 2 is 0.957 bits per heavy atom. The Bertz CT molecular complexity index is 552. The third kappa shape index (κ3) is 6.18. The molecule has 2 heterocycles. The van der Waals surface area contributed by atoms with E-state index in [9.17, 15) is 0 Å². The molecule has 0 atom stereocenters. The molecule has 23 heavy (non-hydrogen) atoms. The molecule has 0 amide bonds. The minimum absolute atomic E-state index is 0. The molecule has 130 valence electrons. The molecule has 0 bridgehead atoms. The number of hydrogen-bond acceptors (Lipinski definition) is 2. The van der Waals surface area contributed by atoms with E-state index in [0.29, 0.717) is 0 Å². The van der Waals surface area contributed by atoms with Gasteiger partial charge in [0, 0.05) is 12.4 Å². The molecule has 0 spiro atoms. The first-order chi connectivity index (χ1) is 9.18. The minimum atomic E-state index is 0. The van der Waals surface area contributed by atoms with Crippen molar-refractivity contribution in [2.75, 3.05) is 0 Å². The first-order valence-electron chi connectivity index (χ1n) is 7.11. The number of aromatic nitrogens is 2. The van der Waals surface area contributed by atoms with E-state index >= 15 is 0 Å². The van der Waals surface area contributed by atoms with Crippen molar-refractivity contribution in [1.29, 1.82) is 0 Å². The number of rotatable bonds is 1. The number of nitrogens with zero attached hydrogens (tertiary/aromatic N) is 2. The predicted molar refractivity (Wildman–Crippen MR) is 97.7 cm³/mol. The molecule has 2 aromatic heterocycles. The average Bonchev–Trinajstić information content (AvgIpc) is 2.37. The second-order valence-corrected chi connectivity index (χ2v) is 7.36. The molecule has 3 heteroatoms. The van der Waals surface area contributed by atoms with Gasteiger partial charge >= 0.3 is 21.1 Å². The van der Waals surface area contributed by atoms with Crippen LogP contribution in [0.4, 0.5) is 0 Å². The minimum Gasteiger partial charge on any atom is -0.358 e. The van der Waals surface area contributed by atoms with E-state index in [4.69, 9.17) is 0 Å². The van der Waals surface area contributed by atoms with Gasteiger partial charge in [-0.3, -0.25) is 9.97 Å². The van der Waals surface area contributed by atoms with Gasteiger partial charge < -0.3 is 14.9 Å². The largest absolute Gasteiger partial charge is 2.00 e. The quantitative estimate of drug-likeness (QED) is 0.481. The van der Waals surface area contributed by atoms with Crippen LogP contribution in [0.25, 0.3) is 11.4 Å². The molecule has 0 fully saturated rings. The Balaban J connectivity index is 0. The van der Waals surface area contributed by atoms with E-state index in [-0.39, 0.29) is 46.7 Å². The maximum atomic E-state index is 4.48. The van der Waals surface area contributed by atoms with Gasteiger partial charge in [-0.2, -0.15) is 0 Å². The maximum Gasteiger partial charge on any atom is 2.00 e. The summed E-state index contributed by atoms with van der Waals surface area (Å²) in [6.45, 7) is 13.3. The van der Waals surface area contributed by atoms with Crippen molar-refractivity contribution in [3.63, 3.8) is 0 Å². The topological polar surface area (TPSA) is 25.8 Å². The standard InChI is InChI=1S/C18H24N2.2CH3.Pt/c1-17(2,3)13-7-9-19-15(11-13)16-12-14(8-10-20-16)18(4,5)6;;;/h7-12H,1-6H3;2*1H3;/q;2*-1;+2. The average molecular weight is 494 g/mol. The van der Waals surface area contributed by atoms with Crippen LogP contribution in [0.1, 0.15) is 52.7 Å². The van der Waals surface area contributed by atoms with Gasteiger partial charge in [0.15, 0.2) is 0 Å². The van der Waals surface area contributed by atoms with E-state index < -0.39 is 0 Å². The van der Waals surface area contributed by atoms with Crippen molar-refractivity contribution in [2.45, 2.75) is 52.4 Å². The summed E-state index contributed by atoms with van der Waals surface area (Å²) in [5, 5.41) is 0. The van der Waals surface area contributed by atoms with Crippen LogP contribution in [0.5, 0.6) is 0 Å². The van der Waals surface area contributed by atoms with Crippen molar-refractivity contribution in [2.24, 2.45) is 0 Å². The predicted octanol–water partition coefficient (Wildman–Crippen LogP) is 5.64. The van der Waals surface area contributed by atoms with Gasteiger partial charge in [0.25, 0.3) is 0 Å². The number of hydrogen-bond donors (Lipinski definition) is 0. The second kappa shape index (κ2) is 8.73. The summed E-state index contributed by atoms with van der Waals surface area (Å²) >= 11 is 0. The summed E-state index contributed by atoms with van der Waals surface area (Å²) in [6.07, 6.45) is 3.75. The molecule has 0 saturated carbocycles. The smallest absolute Gasteiger partial charge is 0.358 e. The van der Waals surface area contributed by atoms with E-state index in [1.54, 1.807) is 0 Å². The Hall–Kier alpha value is -1.01. The van der Waals surface area contributed by atoms with Gasteiger partial charge in [0.2, 0.25) is 0 Å². The Kier molecular flexibility index (Phi) is 9.20. The first-order valence-corrected chi connectivity index (χ1v) is 7.11. The Labute approximate surface area is 157 Å². The molecule has 0 aliphatic carbocycles. The van der Waals surface area contributed by atoms with Crippen LogP contribution in [-0.2, 0) is 31.9 Å². The first kappa shape index (κ1) is 24.2. The third-order valence-corrected chi connectivity index (χ3v) is 3.51. The molecule has 0 unspecified atom stereocenters. The summed E-state index contributed by atoms with van der Waals surface area (Å²) in [6, 6.07) is 8.46. The molecule has 2 aromatic rings. The van der Waals surface area contributed by atoms with E-state index in [2.05, 4.69) is 75.8 Å². The Morgan fingerprint density at radius 1 is 0.652 bits per heavy atom. The van der Waals surface area contributed by atoms with Gasteiger partial charge in [0.05, 0.1) is 11.4 Å². The van der Waals surface area contributed by atoms with Gasteiger partial charge in [-0.15, -0.1) is 0 Å². The molecule has 0 aromatic carbocycles. The third-order valence-electron chi connectivity index (χ3n) is 3.51. The zero-order chi connectivity index (χ0) is 15.0. The van der Waals surface area contributed by atoms with Crippen molar-refractivity contribution < 1.29 is 21.1 Å². The van der Waals surface area contributed by atoms with Gasteiger partial charge in [0.1, 0.15) is 0 Å². The fourth-order valence-electron chi connectivity index (χ4n) is 2.07. The normalized spacial score (nSPS) is 10.9. The molecule has 0 radical (unpaired) electrons. The van der Waals surface area contributed by atoms with Crippen LogP contribution < -0.4 is 0 Å². The molecule has 0 saturated heterocycles. The summed E-state index contributed by atoms with van der Waals surface area (Å²) in [7, 11) is 0. The fourth-order valence-corrected chi connectivity index (χ4v) is 2.07. The van der Waals surface area contributed by atoms with Gasteiger partial charge in [-0.25, -0.2) is 0 Å². The van der Waals surface area contributed by atoms with Gasteiger partial charge in [-0.1, -0.05) is 41.5 Å². The second-order valence-electron chi connectivity index (χ2n) is 7.36. The Morgan fingerprint density at radius 3 is 1.22 bits per heavy atom. The summed E-state index contributed by atoms with van der Waals surface area (Å²) in [5.41, 5.74) is 4.71. The zero-order valence-corrected chi connectivity index (χ0v) is 17.9. The fraction of sp³-hybridized carbons (Fsp3) is 0.400. The molecule has 2 nitrogen and oxygen atoms in total. The van der Waals surface area contributed by atoms with E-state index in [1.165, 1.54) is 11.1 Å². The van der Waals surface area contributed by atoms with E-state index in [1.807, 2.05) is 12.4 Å². The van der Waals surface area contributed by atoms with Gasteiger partial charge in [-0.05, 0) is 46.2 Å². The summed E-state index contributed by atoms with van der Waals surface area (Å²) in [4.78, 5) is 8.97. The molecule has 2 rings (SSSR count). The number of pyridine rings is 2. The monoisotopic (exact) mass is 493 g/mol. The molecular weight excluding hydrogens is 463 g/mol. The SMILES string of the molecule is CC(C)(C)c1ccnc(-c2cc(C(C)(C)C)ccn2)c1.[CH3-].[CH3-].[Pt+2]. The zero-order valence-electron chi connectivity index (χ0n) is 15.7. The van der Waals surface area contributed by atoms with Crippen LogP contribution in [0, 0.1) is 14.9 Å². The summed E-state index contributed by atoms with van der Waals surface area (Å²) < 4.78 is 0. The summed E-state index contributed by atoms with van der Waals surface area (Å²) in [5.74, 6) is 0. The van der Waals surface area contributed by atoms with Crippen LogP contribution in [0.15, 0.2) is 36.7 Å². The van der Waals surface area contributed by atoms with Crippen LogP contribution >= 0.6 is 0 Å². The van der Waals surface area contributed by atoms with Crippen LogP contribution in [0.3, 0.4) is 0 Å². The maximum absolute atomic E-state index is 4.48. The molecular formula is C20H30N2Pt. The van der Waals surface area contributed by atoms with Crippen molar-refractivity contribution in [3.8, 4) is 11.4 Å². The molecule has 0 aliphatic heterocycles. The van der Waals surface area contributed by atoms with Crippen LogP contribution in [0.2, 0.25) is 0 Å². The molecule has 0 aliphatic rings. The van der Waals surface area contributed by atoms with Crippen LogP contribution in [-0.4, -0.2) is 9.97 Å².